The van der Waals surface area contributed by atoms with Crippen LogP contribution in [0.25, 0.3) is 28.2 Å². The Kier molecular flexibility index (Phi) is 2.83. The largest absolute Gasteiger partial charge is 0.382 e. The summed E-state index contributed by atoms with van der Waals surface area (Å²) in [5.41, 5.74) is 10.2. The lowest BCUT2D eigenvalue weighted by Gasteiger charge is -2.03. The molecule has 2 N–H and O–H groups in total. The van der Waals surface area contributed by atoms with Gasteiger partial charge in [-0.25, -0.2) is 9.50 Å². The Labute approximate surface area is 127 Å². The number of hydrogen-bond acceptors (Lipinski definition) is 4. The number of anilines is 1. The molecule has 0 aliphatic rings. The van der Waals surface area contributed by atoms with Crippen LogP contribution in [0.2, 0.25) is 0 Å². The van der Waals surface area contributed by atoms with Crippen molar-refractivity contribution in [3.05, 3.63) is 67.0 Å². The van der Waals surface area contributed by atoms with Crippen molar-refractivity contribution in [2.24, 2.45) is 0 Å². The first-order valence-corrected chi connectivity index (χ1v) is 6.94. The standard InChI is InChI=1S/C17H13N5/c18-16-15(14-8-4-5-10-19-14)17-20-13(9-11-22(17)21-16)12-6-2-1-3-7-12/h1-11H,(H2,18,21). The number of pyridine rings is 1. The van der Waals surface area contributed by atoms with Gasteiger partial charge in [-0.1, -0.05) is 36.4 Å². The van der Waals surface area contributed by atoms with Gasteiger partial charge in [0.15, 0.2) is 11.5 Å². The molecule has 0 amide bonds. The minimum Gasteiger partial charge on any atom is -0.382 e. The van der Waals surface area contributed by atoms with Gasteiger partial charge in [-0.05, 0) is 18.2 Å². The molecule has 1 aromatic carbocycles. The zero-order chi connectivity index (χ0) is 14.9. The highest BCUT2D eigenvalue weighted by molar-refractivity contribution is 5.85. The van der Waals surface area contributed by atoms with Crippen molar-refractivity contribution in [1.29, 1.82) is 0 Å². The third-order valence-corrected chi connectivity index (χ3v) is 3.50. The molecule has 0 saturated carbocycles. The maximum absolute atomic E-state index is 6.06. The average Bonchev–Trinajstić information content (AvgIpc) is 2.91. The fourth-order valence-electron chi connectivity index (χ4n) is 2.47. The van der Waals surface area contributed by atoms with Crippen molar-refractivity contribution in [2.75, 3.05) is 5.73 Å². The van der Waals surface area contributed by atoms with E-state index < -0.39 is 0 Å². The van der Waals surface area contributed by atoms with Gasteiger partial charge in [-0.15, -0.1) is 5.10 Å². The number of nitrogen functional groups attached to an aromatic ring is 1. The van der Waals surface area contributed by atoms with Gasteiger partial charge >= 0.3 is 0 Å². The summed E-state index contributed by atoms with van der Waals surface area (Å²) in [6.45, 7) is 0. The molecule has 3 aromatic heterocycles. The Morgan fingerprint density at radius 2 is 1.68 bits per heavy atom. The van der Waals surface area contributed by atoms with Crippen molar-refractivity contribution < 1.29 is 0 Å². The Hall–Kier alpha value is -3.21. The molecule has 22 heavy (non-hydrogen) atoms. The molecule has 0 unspecified atom stereocenters. The number of rotatable bonds is 2. The number of nitrogens with two attached hydrogens (primary N) is 1. The predicted octanol–water partition coefficient (Wildman–Crippen LogP) is 3.04. The van der Waals surface area contributed by atoms with Gasteiger partial charge in [0.1, 0.15) is 0 Å². The van der Waals surface area contributed by atoms with Crippen LogP contribution in [-0.4, -0.2) is 19.6 Å². The van der Waals surface area contributed by atoms with E-state index in [1.54, 1.807) is 10.7 Å². The van der Waals surface area contributed by atoms with Crippen molar-refractivity contribution in [1.82, 2.24) is 19.6 Å². The second-order valence-electron chi connectivity index (χ2n) is 4.92. The molecule has 5 heteroatoms. The van der Waals surface area contributed by atoms with E-state index in [0.29, 0.717) is 11.5 Å². The van der Waals surface area contributed by atoms with Crippen LogP contribution in [0.15, 0.2) is 67.0 Å². The summed E-state index contributed by atoms with van der Waals surface area (Å²) in [6.07, 6.45) is 3.60. The van der Waals surface area contributed by atoms with Crippen molar-refractivity contribution in [3.8, 4) is 22.5 Å². The highest BCUT2D eigenvalue weighted by Crippen LogP contribution is 2.28. The van der Waals surface area contributed by atoms with Gasteiger partial charge in [0.25, 0.3) is 0 Å². The molecule has 0 fully saturated rings. The number of nitrogens with zero attached hydrogens (tertiary/aromatic N) is 4. The molecule has 4 rings (SSSR count). The maximum atomic E-state index is 6.06. The molecule has 106 valence electrons. The van der Waals surface area contributed by atoms with Gasteiger partial charge in [-0.2, -0.15) is 0 Å². The molecule has 0 spiro atoms. The lowest BCUT2D eigenvalue weighted by molar-refractivity contribution is 0.947. The Morgan fingerprint density at radius 3 is 2.45 bits per heavy atom. The van der Waals surface area contributed by atoms with Crippen molar-refractivity contribution in [3.63, 3.8) is 0 Å². The minimum absolute atomic E-state index is 0.427. The van der Waals surface area contributed by atoms with Crippen LogP contribution in [-0.2, 0) is 0 Å². The first-order chi connectivity index (χ1) is 10.8. The van der Waals surface area contributed by atoms with Crippen molar-refractivity contribution in [2.45, 2.75) is 0 Å². The monoisotopic (exact) mass is 287 g/mol. The fourth-order valence-corrected chi connectivity index (χ4v) is 2.47. The van der Waals surface area contributed by atoms with Gasteiger partial charge in [0.05, 0.1) is 17.0 Å². The summed E-state index contributed by atoms with van der Waals surface area (Å²) in [4.78, 5) is 9.08. The average molecular weight is 287 g/mol. The molecule has 0 bridgehead atoms. The normalized spacial score (nSPS) is 10.9. The van der Waals surface area contributed by atoms with Gasteiger partial charge in [0.2, 0.25) is 0 Å². The molecule has 4 aromatic rings. The first-order valence-electron chi connectivity index (χ1n) is 6.94. The quantitative estimate of drug-likeness (QED) is 0.615. The summed E-state index contributed by atoms with van der Waals surface area (Å²) < 4.78 is 1.69. The Bertz CT molecular complexity index is 929. The summed E-state index contributed by atoms with van der Waals surface area (Å²) in [7, 11) is 0. The van der Waals surface area contributed by atoms with Crippen LogP contribution in [0.4, 0.5) is 5.82 Å². The Morgan fingerprint density at radius 1 is 0.864 bits per heavy atom. The molecular formula is C17H13N5. The van der Waals surface area contributed by atoms with Gasteiger partial charge in [0, 0.05) is 18.0 Å². The molecule has 0 atom stereocenters. The third-order valence-electron chi connectivity index (χ3n) is 3.50. The summed E-state index contributed by atoms with van der Waals surface area (Å²) in [5, 5.41) is 4.32. The first kappa shape index (κ1) is 12.5. The molecule has 0 saturated heterocycles. The van der Waals surface area contributed by atoms with Gasteiger partial charge in [-0.3, -0.25) is 4.98 Å². The van der Waals surface area contributed by atoms with E-state index in [2.05, 4.69) is 10.1 Å². The number of aromatic nitrogens is 4. The lowest BCUT2D eigenvalue weighted by atomic mass is 10.1. The topological polar surface area (TPSA) is 69.1 Å². The van der Waals surface area contributed by atoms with Crippen LogP contribution >= 0.6 is 0 Å². The van der Waals surface area contributed by atoms with E-state index in [9.17, 15) is 0 Å². The smallest absolute Gasteiger partial charge is 0.167 e. The number of hydrogen-bond donors (Lipinski definition) is 1. The molecule has 0 aliphatic heterocycles. The second-order valence-corrected chi connectivity index (χ2v) is 4.92. The predicted molar refractivity (Wildman–Crippen MR) is 86.1 cm³/mol. The highest BCUT2D eigenvalue weighted by atomic mass is 15.3. The van der Waals surface area contributed by atoms with Gasteiger partial charge < -0.3 is 5.73 Å². The molecular weight excluding hydrogens is 274 g/mol. The summed E-state index contributed by atoms with van der Waals surface area (Å²) >= 11 is 0. The van der Waals surface area contributed by atoms with Crippen LogP contribution in [0.3, 0.4) is 0 Å². The fraction of sp³-hybridized carbons (Fsp3) is 0. The van der Waals surface area contributed by atoms with E-state index in [-0.39, 0.29) is 0 Å². The third kappa shape index (κ3) is 2.00. The second kappa shape index (κ2) is 4.96. The van der Waals surface area contributed by atoms with E-state index >= 15 is 0 Å². The zero-order valence-corrected chi connectivity index (χ0v) is 11.7. The SMILES string of the molecule is Nc1nn2ccc(-c3ccccc3)nc2c1-c1ccccn1. The number of benzene rings is 1. The van der Waals surface area contributed by atoms with Crippen LogP contribution in [0.5, 0.6) is 0 Å². The maximum Gasteiger partial charge on any atom is 0.167 e. The molecule has 0 aliphatic carbocycles. The summed E-state index contributed by atoms with van der Waals surface area (Å²) in [5.74, 6) is 0.427. The summed E-state index contributed by atoms with van der Waals surface area (Å²) in [6, 6.07) is 17.6. The Balaban J connectivity index is 1.96. The number of fused-ring (bicyclic) bond motifs is 1. The van der Waals surface area contributed by atoms with Crippen molar-refractivity contribution >= 4 is 11.5 Å². The minimum atomic E-state index is 0.427. The molecule has 3 heterocycles. The van der Waals surface area contributed by atoms with E-state index in [0.717, 1.165) is 22.5 Å². The zero-order valence-electron chi connectivity index (χ0n) is 11.7. The lowest BCUT2D eigenvalue weighted by Crippen LogP contribution is -1.92. The van der Waals surface area contributed by atoms with Crippen LogP contribution in [0.1, 0.15) is 0 Å². The van der Waals surface area contributed by atoms with E-state index in [1.165, 1.54) is 0 Å². The van der Waals surface area contributed by atoms with E-state index in [1.807, 2.05) is 60.8 Å². The highest BCUT2D eigenvalue weighted by Gasteiger charge is 2.15. The van der Waals surface area contributed by atoms with Crippen LogP contribution < -0.4 is 5.73 Å². The van der Waals surface area contributed by atoms with Crippen LogP contribution in [0, 0.1) is 0 Å². The molecule has 0 radical (unpaired) electrons. The molecule has 5 nitrogen and oxygen atoms in total. The van der Waals surface area contributed by atoms with E-state index in [4.69, 9.17) is 10.7 Å².